The van der Waals surface area contributed by atoms with Crippen molar-refractivity contribution < 1.29 is 27.6 Å². The third kappa shape index (κ3) is 3.30. The molecule has 0 aliphatic carbocycles. The molecule has 0 radical (unpaired) electrons. The summed E-state index contributed by atoms with van der Waals surface area (Å²) in [7, 11) is 0. The molecule has 114 valence electrons. The van der Waals surface area contributed by atoms with Crippen molar-refractivity contribution >= 4 is 17.7 Å². The van der Waals surface area contributed by atoms with E-state index in [1.807, 2.05) is 0 Å². The van der Waals surface area contributed by atoms with Crippen molar-refractivity contribution in [1.82, 2.24) is 0 Å². The maximum absolute atomic E-state index is 12.7. The number of hydrogen-bond donors (Lipinski definition) is 0. The van der Waals surface area contributed by atoms with Crippen molar-refractivity contribution in [2.24, 2.45) is 0 Å². The van der Waals surface area contributed by atoms with Crippen molar-refractivity contribution in [2.45, 2.75) is 12.3 Å². The Bertz CT molecular complexity index is 562. The molecule has 1 atom stereocenters. The third-order valence-corrected chi connectivity index (χ3v) is 3.12. The second-order valence-corrected chi connectivity index (χ2v) is 4.47. The Morgan fingerprint density at radius 1 is 1.43 bits per heavy atom. The summed E-state index contributed by atoms with van der Waals surface area (Å²) in [6.07, 6.45) is -6.05. The molecule has 1 aromatic rings. The maximum atomic E-state index is 12.7. The zero-order chi connectivity index (χ0) is 15.6. The predicted octanol–water partition coefficient (Wildman–Crippen LogP) is 2.17. The first kappa shape index (κ1) is 15.2. The minimum Gasteiger partial charge on any atom is -0.365 e. The van der Waals surface area contributed by atoms with Crippen LogP contribution in [0.4, 0.5) is 24.5 Å². The quantitative estimate of drug-likeness (QED) is 0.486. The van der Waals surface area contributed by atoms with Crippen molar-refractivity contribution in [1.29, 1.82) is 0 Å². The monoisotopic (exact) mass is 304 g/mol. The number of nitro benzene ring substituents is 1. The van der Waals surface area contributed by atoms with Gasteiger partial charge in [-0.25, -0.2) is 0 Å². The van der Waals surface area contributed by atoms with Gasteiger partial charge in [0.25, 0.3) is 5.69 Å². The van der Waals surface area contributed by atoms with E-state index < -0.39 is 23.7 Å². The van der Waals surface area contributed by atoms with E-state index in [0.717, 1.165) is 12.1 Å². The standard InChI is InChI=1S/C12H11F3N2O4/c13-12(14,15)11-6-16(3-4-21-11)10-5-9(17(19)20)2-1-8(10)7-18/h1-2,5,7,11H,3-4,6H2. The van der Waals surface area contributed by atoms with Gasteiger partial charge in [-0.2, -0.15) is 13.2 Å². The fraction of sp³-hybridized carbons (Fsp3) is 0.417. The third-order valence-electron chi connectivity index (χ3n) is 3.12. The molecule has 1 aromatic carbocycles. The first-order valence-corrected chi connectivity index (χ1v) is 6.00. The largest absolute Gasteiger partial charge is 0.416 e. The van der Waals surface area contributed by atoms with Crippen LogP contribution in [0.15, 0.2) is 18.2 Å². The van der Waals surface area contributed by atoms with Crippen LogP contribution in [0.5, 0.6) is 0 Å². The Morgan fingerprint density at radius 2 is 2.14 bits per heavy atom. The Balaban J connectivity index is 2.33. The molecule has 1 fully saturated rings. The lowest BCUT2D eigenvalue weighted by Crippen LogP contribution is -2.49. The number of carbonyl (C=O) groups excluding carboxylic acids is 1. The Labute approximate surface area is 117 Å². The van der Waals surface area contributed by atoms with Crippen LogP contribution in [0.1, 0.15) is 10.4 Å². The molecule has 1 aliphatic heterocycles. The zero-order valence-electron chi connectivity index (χ0n) is 10.7. The number of nitrogens with zero attached hydrogens (tertiary/aromatic N) is 2. The second kappa shape index (κ2) is 5.68. The van der Waals surface area contributed by atoms with Crippen LogP contribution in [0, 0.1) is 10.1 Å². The van der Waals surface area contributed by atoms with Gasteiger partial charge in [0.1, 0.15) is 0 Å². The fourth-order valence-corrected chi connectivity index (χ4v) is 2.09. The summed E-state index contributed by atoms with van der Waals surface area (Å²) in [6.45, 7) is -0.564. The molecule has 1 heterocycles. The Kier molecular flexibility index (Phi) is 4.12. The average Bonchev–Trinajstić information content (AvgIpc) is 2.45. The summed E-state index contributed by atoms with van der Waals surface area (Å²) in [6, 6.07) is 3.45. The number of ether oxygens (including phenoxy) is 1. The van der Waals surface area contributed by atoms with Crippen LogP contribution in [0.2, 0.25) is 0 Å². The minimum atomic E-state index is -4.53. The highest BCUT2D eigenvalue weighted by molar-refractivity contribution is 5.85. The number of rotatable bonds is 3. The lowest BCUT2D eigenvalue weighted by molar-refractivity contribution is -0.384. The summed E-state index contributed by atoms with van der Waals surface area (Å²) in [5, 5.41) is 10.8. The number of morpholine rings is 1. The number of carbonyl (C=O) groups is 1. The molecule has 21 heavy (non-hydrogen) atoms. The van der Waals surface area contributed by atoms with E-state index >= 15 is 0 Å². The van der Waals surface area contributed by atoms with Crippen molar-refractivity contribution in [3.8, 4) is 0 Å². The molecule has 1 saturated heterocycles. The van der Waals surface area contributed by atoms with E-state index in [-0.39, 0.29) is 30.1 Å². The summed E-state index contributed by atoms with van der Waals surface area (Å²) in [5.41, 5.74) is -0.0779. The second-order valence-electron chi connectivity index (χ2n) is 4.47. The van der Waals surface area contributed by atoms with Gasteiger partial charge in [-0.05, 0) is 6.07 Å². The van der Waals surface area contributed by atoms with Gasteiger partial charge in [-0.3, -0.25) is 14.9 Å². The molecule has 0 bridgehead atoms. The molecule has 0 aromatic heterocycles. The molecule has 0 saturated carbocycles. The predicted molar refractivity (Wildman–Crippen MR) is 66.5 cm³/mol. The lowest BCUT2D eigenvalue weighted by atomic mass is 10.1. The summed E-state index contributed by atoms with van der Waals surface area (Å²) >= 11 is 0. The molecule has 2 rings (SSSR count). The Hall–Kier alpha value is -2.16. The molecule has 9 heteroatoms. The molecular weight excluding hydrogens is 293 g/mol. The fourth-order valence-electron chi connectivity index (χ4n) is 2.09. The van der Waals surface area contributed by atoms with Gasteiger partial charge in [-0.15, -0.1) is 0 Å². The van der Waals surface area contributed by atoms with E-state index in [1.54, 1.807) is 0 Å². The van der Waals surface area contributed by atoms with Gasteiger partial charge in [0.2, 0.25) is 0 Å². The van der Waals surface area contributed by atoms with Crippen LogP contribution in [-0.4, -0.2) is 43.2 Å². The number of anilines is 1. The van der Waals surface area contributed by atoms with E-state index in [2.05, 4.69) is 4.74 Å². The van der Waals surface area contributed by atoms with E-state index in [9.17, 15) is 28.1 Å². The number of non-ortho nitro benzene ring substituents is 1. The molecule has 1 unspecified atom stereocenters. The van der Waals surface area contributed by atoms with Gasteiger partial charge < -0.3 is 9.64 Å². The van der Waals surface area contributed by atoms with Gasteiger partial charge >= 0.3 is 6.18 Å². The first-order chi connectivity index (χ1) is 9.82. The normalized spacial score (nSPS) is 19.4. The van der Waals surface area contributed by atoms with Gasteiger partial charge in [0, 0.05) is 24.2 Å². The first-order valence-electron chi connectivity index (χ1n) is 6.00. The Morgan fingerprint density at radius 3 is 2.71 bits per heavy atom. The van der Waals surface area contributed by atoms with E-state index in [0.29, 0.717) is 6.29 Å². The highest BCUT2D eigenvalue weighted by atomic mass is 19.4. The molecular formula is C12H11F3N2O4. The molecule has 0 N–H and O–H groups in total. The minimum absolute atomic E-state index is 0.100. The summed E-state index contributed by atoms with van der Waals surface area (Å²) in [5.74, 6) is 0. The van der Waals surface area contributed by atoms with Gasteiger partial charge in [-0.1, -0.05) is 0 Å². The number of benzene rings is 1. The summed E-state index contributed by atoms with van der Waals surface area (Å²) in [4.78, 5) is 22.3. The van der Waals surface area contributed by atoms with Crippen LogP contribution in [-0.2, 0) is 4.74 Å². The molecule has 0 amide bonds. The molecule has 1 aliphatic rings. The van der Waals surface area contributed by atoms with Crippen molar-refractivity contribution in [3.05, 3.63) is 33.9 Å². The van der Waals surface area contributed by atoms with Crippen LogP contribution in [0.25, 0.3) is 0 Å². The highest BCUT2D eigenvalue weighted by Gasteiger charge is 2.43. The maximum Gasteiger partial charge on any atom is 0.416 e. The topological polar surface area (TPSA) is 72.7 Å². The highest BCUT2D eigenvalue weighted by Crippen LogP contribution is 2.31. The number of hydrogen-bond acceptors (Lipinski definition) is 5. The lowest BCUT2D eigenvalue weighted by Gasteiger charge is -2.35. The van der Waals surface area contributed by atoms with Crippen LogP contribution in [0.3, 0.4) is 0 Å². The molecule has 6 nitrogen and oxygen atoms in total. The number of alkyl halides is 3. The van der Waals surface area contributed by atoms with Crippen molar-refractivity contribution in [3.63, 3.8) is 0 Å². The van der Waals surface area contributed by atoms with Gasteiger partial charge in [0.05, 0.1) is 23.8 Å². The van der Waals surface area contributed by atoms with Crippen LogP contribution >= 0.6 is 0 Å². The number of halogens is 3. The smallest absolute Gasteiger partial charge is 0.365 e. The van der Waals surface area contributed by atoms with Crippen molar-refractivity contribution in [2.75, 3.05) is 24.6 Å². The number of aldehydes is 1. The summed E-state index contributed by atoms with van der Waals surface area (Å²) < 4.78 is 42.7. The van der Waals surface area contributed by atoms with Gasteiger partial charge in [0.15, 0.2) is 12.4 Å². The number of nitro groups is 1. The molecule has 0 spiro atoms. The SMILES string of the molecule is O=Cc1ccc([N+](=O)[O-])cc1N1CCOC(C(F)(F)F)C1. The van der Waals surface area contributed by atoms with E-state index in [1.165, 1.54) is 11.0 Å². The van der Waals surface area contributed by atoms with Crippen LogP contribution < -0.4 is 4.90 Å². The average molecular weight is 304 g/mol. The van der Waals surface area contributed by atoms with E-state index in [4.69, 9.17) is 0 Å². The zero-order valence-corrected chi connectivity index (χ0v) is 10.7.